The van der Waals surface area contributed by atoms with Crippen LogP contribution in [0.4, 0.5) is 13.2 Å². The molecule has 3 N–H and O–H groups in total. The second-order valence-corrected chi connectivity index (χ2v) is 11.7. The third-order valence-corrected chi connectivity index (χ3v) is 7.85. The van der Waals surface area contributed by atoms with Gasteiger partial charge in [-0.1, -0.05) is 34.6 Å². The maximum absolute atomic E-state index is 13.5. The van der Waals surface area contributed by atoms with E-state index in [-0.39, 0.29) is 42.0 Å². The van der Waals surface area contributed by atoms with E-state index in [4.69, 9.17) is 0 Å². The Labute approximate surface area is 208 Å². The molecule has 9 nitrogen and oxygen atoms in total. The van der Waals surface area contributed by atoms with Gasteiger partial charge in [0.05, 0.1) is 6.07 Å². The molecule has 3 aliphatic rings. The van der Waals surface area contributed by atoms with Crippen molar-refractivity contribution in [2.24, 2.45) is 28.6 Å². The summed E-state index contributed by atoms with van der Waals surface area (Å²) in [5.74, 6) is -4.10. The van der Waals surface area contributed by atoms with Crippen molar-refractivity contribution in [3.63, 3.8) is 0 Å². The summed E-state index contributed by atoms with van der Waals surface area (Å²) in [5.41, 5.74) is -1.31. The number of halogens is 3. The summed E-state index contributed by atoms with van der Waals surface area (Å²) in [6, 6.07) is -1.33. The summed E-state index contributed by atoms with van der Waals surface area (Å²) in [5, 5.41) is 16.8. The van der Waals surface area contributed by atoms with Gasteiger partial charge in [-0.05, 0) is 41.9 Å². The SMILES string of the molecule is CC(C)(C)[C@H](NC(=O)C(F)(F)F)C(=O)N1C[C@H]2[C@@H]([C@H]1C(=O)N[C@H](C#N)CC[C@@H]1CCNC1=O)C2(C)C. The zero-order valence-electron chi connectivity index (χ0n) is 21.2. The van der Waals surface area contributed by atoms with Crippen molar-refractivity contribution >= 4 is 23.6 Å². The molecule has 3 fully saturated rings. The third-order valence-electron chi connectivity index (χ3n) is 7.85. The van der Waals surface area contributed by atoms with Crippen molar-refractivity contribution in [3.05, 3.63) is 0 Å². The van der Waals surface area contributed by atoms with Crippen LogP contribution in [0.15, 0.2) is 0 Å². The zero-order chi connectivity index (χ0) is 27.2. The van der Waals surface area contributed by atoms with Gasteiger partial charge in [0, 0.05) is 19.0 Å². The molecule has 200 valence electrons. The Morgan fingerprint density at radius 1 is 1.22 bits per heavy atom. The average Bonchev–Trinajstić information content (AvgIpc) is 3.11. The van der Waals surface area contributed by atoms with Crippen molar-refractivity contribution in [1.82, 2.24) is 20.9 Å². The van der Waals surface area contributed by atoms with E-state index in [0.29, 0.717) is 19.4 Å². The van der Waals surface area contributed by atoms with Crippen molar-refractivity contribution in [2.45, 2.75) is 78.2 Å². The molecule has 0 radical (unpaired) electrons. The Morgan fingerprint density at radius 2 is 1.86 bits per heavy atom. The number of amides is 4. The monoisotopic (exact) mass is 513 g/mol. The highest BCUT2D eigenvalue weighted by Crippen LogP contribution is 2.65. The molecule has 12 heteroatoms. The number of hydrogen-bond acceptors (Lipinski definition) is 5. The van der Waals surface area contributed by atoms with Crippen molar-refractivity contribution < 1.29 is 32.3 Å². The number of carbonyl (C=O) groups excluding carboxylic acids is 4. The first kappa shape index (κ1) is 27.7. The Kier molecular flexibility index (Phi) is 7.37. The van der Waals surface area contributed by atoms with Crippen molar-refractivity contribution in [1.29, 1.82) is 5.26 Å². The second-order valence-electron chi connectivity index (χ2n) is 11.7. The molecule has 1 saturated carbocycles. The van der Waals surface area contributed by atoms with Crippen LogP contribution in [0.25, 0.3) is 0 Å². The Balaban J connectivity index is 1.76. The summed E-state index contributed by atoms with van der Waals surface area (Å²) in [6.45, 7) is 9.26. The van der Waals surface area contributed by atoms with Crippen LogP contribution in [-0.4, -0.2) is 65.9 Å². The number of hydrogen-bond donors (Lipinski definition) is 3. The first-order chi connectivity index (χ1) is 16.5. The number of nitriles is 1. The van der Waals surface area contributed by atoms with Crippen LogP contribution in [0.1, 0.15) is 53.9 Å². The first-order valence-corrected chi connectivity index (χ1v) is 12.2. The van der Waals surface area contributed by atoms with Gasteiger partial charge in [0.1, 0.15) is 18.1 Å². The first-order valence-electron chi connectivity index (χ1n) is 12.2. The molecule has 4 amide bonds. The smallest absolute Gasteiger partial charge is 0.356 e. The Hall–Kier alpha value is -2.84. The molecular formula is C24H34F3N5O4. The number of piperidine rings is 1. The van der Waals surface area contributed by atoms with Crippen LogP contribution in [0.2, 0.25) is 0 Å². The normalized spacial score (nSPS) is 28.4. The van der Waals surface area contributed by atoms with E-state index < -0.39 is 47.4 Å². The van der Waals surface area contributed by atoms with Gasteiger partial charge < -0.3 is 20.9 Å². The van der Waals surface area contributed by atoms with Crippen LogP contribution < -0.4 is 16.0 Å². The maximum Gasteiger partial charge on any atom is 0.471 e. The minimum Gasteiger partial charge on any atom is -0.356 e. The molecule has 0 aromatic carbocycles. The number of alkyl halides is 3. The average molecular weight is 514 g/mol. The molecule has 1 aliphatic carbocycles. The van der Waals surface area contributed by atoms with Crippen molar-refractivity contribution in [3.8, 4) is 6.07 Å². The highest BCUT2D eigenvalue weighted by Gasteiger charge is 2.70. The minimum absolute atomic E-state index is 0.0288. The van der Waals surface area contributed by atoms with E-state index in [1.54, 1.807) is 0 Å². The predicted octanol–water partition coefficient (Wildman–Crippen LogP) is 1.49. The minimum atomic E-state index is -5.16. The maximum atomic E-state index is 13.5. The molecule has 0 aromatic heterocycles. The standard InChI is InChI=1S/C24H34F3N5O4/c1-22(2,3)17(31-21(36)24(25,26)27)20(35)32-11-14-15(23(14,4)5)16(32)19(34)30-13(10-28)7-6-12-8-9-29-18(12)33/h12-17H,6-9,11H2,1-5H3,(H,29,33)(H,30,34)(H,31,36)/t12-,13+,14+,15+,16+,17-/m1/s1. The van der Waals surface area contributed by atoms with Crippen LogP contribution in [0.3, 0.4) is 0 Å². The van der Waals surface area contributed by atoms with Gasteiger partial charge in [-0.3, -0.25) is 19.2 Å². The molecule has 2 aliphatic heterocycles. The summed E-state index contributed by atoms with van der Waals surface area (Å²) >= 11 is 0. The van der Waals surface area contributed by atoms with Gasteiger partial charge in [0.15, 0.2) is 0 Å². The molecule has 36 heavy (non-hydrogen) atoms. The lowest BCUT2D eigenvalue weighted by Gasteiger charge is -2.37. The fourth-order valence-electron chi connectivity index (χ4n) is 5.56. The largest absolute Gasteiger partial charge is 0.471 e. The molecule has 6 atom stereocenters. The van der Waals surface area contributed by atoms with E-state index in [9.17, 15) is 37.6 Å². The number of nitrogens with zero attached hydrogens (tertiary/aromatic N) is 2. The van der Waals surface area contributed by atoms with Crippen LogP contribution in [-0.2, 0) is 19.2 Å². The van der Waals surface area contributed by atoms with Crippen LogP contribution >= 0.6 is 0 Å². The van der Waals surface area contributed by atoms with E-state index in [1.165, 1.54) is 25.7 Å². The third kappa shape index (κ3) is 5.44. The molecular weight excluding hydrogens is 479 g/mol. The van der Waals surface area contributed by atoms with Crippen LogP contribution in [0, 0.1) is 39.9 Å². The zero-order valence-corrected chi connectivity index (χ0v) is 21.2. The summed E-state index contributed by atoms with van der Waals surface area (Å²) in [7, 11) is 0. The molecule has 0 spiro atoms. The molecule has 0 bridgehead atoms. The van der Waals surface area contributed by atoms with Gasteiger partial charge in [0.25, 0.3) is 0 Å². The van der Waals surface area contributed by atoms with E-state index in [2.05, 4.69) is 10.6 Å². The fraction of sp³-hybridized carbons (Fsp3) is 0.792. The van der Waals surface area contributed by atoms with Gasteiger partial charge >= 0.3 is 12.1 Å². The summed E-state index contributed by atoms with van der Waals surface area (Å²) < 4.78 is 38.8. The molecule has 3 rings (SSSR count). The predicted molar refractivity (Wildman–Crippen MR) is 122 cm³/mol. The lowest BCUT2D eigenvalue weighted by Crippen LogP contribution is -2.61. The van der Waals surface area contributed by atoms with E-state index in [1.807, 2.05) is 25.2 Å². The van der Waals surface area contributed by atoms with Gasteiger partial charge in [-0.2, -0.15) is 18.4 Å². The molecule has 0 unspecified atom stereocenters. The Morgan fingerprint density at radius 3 is 2.36 bits per heavy atom. The highest BCUT2D eigenvalue weighted by molar-refractivity contribution is 5.95. The lowest BCUT2D eigenvalue weighted by molar-refractivity contribution is -0.176. The molecule has 0 aromatic rings. The number of fused-ring (bicyclic) bond motifs is 1. The lowest BCUT2D eigenvalue weighted by atomic mass is 9.85. The van der Waals surface area contributed by atoms with Crippen molar-refractivity contribution in [2.75, 3.05) is 13.1 Å². The summed E-state index contributed by atoms with van der Waals surface area (Å²) in [4.78, 5) is 51.6. The van der Waals surface area contributed by atoms with Gasteiger partial charge in [-0.15, -0.1) is 0 Å². The van der Waals surface area contributed by atoms with Gasteiger partial charge in [-0.25, -0.2) is 0 Å². The molecule has 2 heterocycles. The van der Waals surface area contributed by atoms with Gasteiger partial charge in [0.2, 0.25) is 17.7 Å². The highest BCUT2D eigenvalue weighted by atomic mass is 19.4. The number of nitrogens with one attached hydrogen (secondary N) is 3. The topological polar surface area (TPSA) is 131 Å². The number of likely N-dealkylation sites (tertiary alicyclic amines) is 1. The summed E-state index contributed by atoms with van der Waals surface area (Å²) in [6.07, 6.45) is -3.83. The fourth-order valence-corrected chi connectivity index (χ4v) is 5.56. The van der Waals surface area contributed by atoms with E-state index in [0.717, 1.165) is 0 Å². The number of rotatable bonds is 7. The number of carbonyl (C=O) groups is 4. The van der Waals surface area contributed by atoms with E-state index >= 15 is 0 Å². The Bertz CT molecular complexity index is 968. The molecule has 2 saturated heterocycles. The quantitative estimate of drug-likeness (QED) is 0.475. The second kappa shape index (κ2) is 9.56. The van der Waals surface area contributed by atoms with Crippen LogP contribution in [0.5, 0.6) is 0 Å².